The van der Waals surface area contributed by atoms with Gasteiger partial charge in [-0.25, -0.2) is 4.98 Å². The first-order valence-electron chi connectivity index (χ1n) is 9.59. The molecule has 0 spiro atoms. The Balaban J connectivity index is 1.49. The quantitative estimate of drug-likeness (QED) is 0.495. The van der Waals surface area contributed by atoms with E-state index in [1.165, 1.54) is 0 Å². The van der Waals surface area contributed by atoms with Crippen molar-refractivity contribution in [2.24, 2.45) is 0 Å². The summed E-state index contributed by atoms with van der Waals surface area (Å²) in [6, 6.07) is 15.9. The molecule has 29 heavy (non-hydrogen) atoms. The van der Waals surface area contributed by atoms with E-state index in [1.807, 2.05) is 48.5 Å². The number of fused-ring (bicyclic) bond motifs is 1. The Morgan fingerprint density at radius 3 is 2.45 bits per heavy atom. The predicted octanol–water partition coefficient (Wildman–Crippen LogP) is 4.93. The summed E-state index contributed by atoms with van der Waals surface area (Å²) < 4.78 is 1.80. The second kappa shape index (κ2) is 8.45. The number of nitrogens with zero attached hydrogens (tertiary/aromatic N) is 3. The molecule has 0 bridgehead atoms. The van der Waals surface area contributed by atoms with E-state index in [0.717, 1.165) is 40.2 Å². The van der Waals surface area contributed by atoms with E-state index in [4.69, 9.17) is 11.6 Å². The van der Waals surface area contributed by atoms with Crippen molar-refractivity contribution in [3.8, 4) is 11.1 Å². The van der Waals surface area contributed by atoms with Crippen LogP contribution in [0.1, 0.15) is 35.1 Å². The van der Waals surface area contributed by atoms with Crippen LogP contribution in [0.25, 0.3) is 16.8 Å². The summed E-state index contributed by atoms with van der Waals surface area (Å²) in [5.74, 6) is -0.131. The lowest BCUT2D eigenvalue weighted by Gasteiger charge is -2.08. The molecule has 0 fully saturated rings. The molecule has 6 heteroatoms. The molecule has 2 aromatic heterocycles. The Bertz CT molecular complexity index is 1130. The van der Waals surface area contributed by atoms with Gasteiger partial charge in [-0.3, -0.25) is 14.2 Å². The number of hydrogen-bond acceptors (Lipinski definition) is 3. The van der Waals surface area contributed by atoms with Crippen molar-refractivity contribution in [1.29, 1.82) is 0 Å². The van der Waals surface area contributed by atoms with Crippen LogP contribution in [0.2, 0.25) is 5.02 Å². The highest BCUT2D eigenvalue weighted by Gasteiger charge is 2.18. The van der Waals surface area contributed by atoms with Crippen LogP contribution in [0.5, 0.6) is 0 Å². The molecule has 2 aromatic carbocycles. The molecule has 4 aromatic rings. The highest BCUT2D eigenvalue weighted by atomic mass is 35.5. The highest BCUT2D eigenvalue weighted by molar-refractivity contribution is 6.30. The average molecular weight is 405 g/mol. The van der Waals surface area contributed by atoms with Gasteiger partial charge in [-0.15, -0.1) is 0 Å². The smallest absolute Gasteiger partial charge is 0.270 e. The molecule has 0 aliphatic rings. The minimum atomic E-state index is -0.131. The molecule has 0 unspecified atom stereocenters. The Kier molecular flexibility index (Phi) is 5.58. The van der Waals surface area contributed by atoms with E-state index >= 15 is 0 Å². The second-order valence-electron chi connectivity index (χ2n) is 6.85. The van der Waals surface area contributed by atoms with Crippen molar-refractivity contribution in [2.75, 3.05) is 0 Å². The lowest BCUT2D eigenvalue weighted by molar-refractivity contribution is 0.0944. The minimum Gasteiger partial charge on any atom is -0.347 e. The minimum absolute atomic E-state index is 0.131. The zero-order valence-corrected chi connectivity index (χ0v) is 16.9. The van der Waals surface area contributed by atoms with Gasteiger partial charge in [0, 0.05) is 24.0 Å². The molecule has 0 aliphatic carbocycles. The van der Waals surface area contributed by atoms with Gasteiger partial charge in [0.05, 0.1) is 11.9 Å². The number of imidazole rings is 1. The molecule has 0 saturated carbocycles. The van der Waals surface area contributed by atoms with Crippen LogP contribution in [0.3, 0.4) is 0 Å². The van der Waals surface area contributed by atoms with Gasteiger partial charge in [-0.05, 0) is 35.2 Å². The molecule has 5 nitrogen and oxygen atoms in total. The van der Waals surface area contributed by atoms with Gasteiger partial charge in [0.2, 0.25) is 0 Å². The van der Waals surface area contributed by atoms with Gasteiger partial charge < -0.3 is 5.32 Å². The van der Waals surface area contributed by atoms with Gasteiger partial charge >= 0.3 is 0 Å². The van der Waals surface area contributed by atoms with Crippen molar-refractivity contribution in [3.05, 3.63) is 89.1 Å². The van der Waals surface area contributed by atoms with E-state index in [1.54, 1.807) is 23.0 Å². The normalized spacial score (nSPS) is 11.0. The number of aromatic nitrogens is 3. The van der Waals surface area contributed by atoms with E-state index in [-0.39, 0.29) is 5.91 Å². The number of aryl methyl sites for hydroxylation is 1. The molecule has 4 rings (SSSR count). The number of carbonyl (C=O) groups is 1. The molecule has 1 amide bonds. The monoisotopic (exact) mass is 404 g/mol. The van der Waals surface area contributed by atoms with Crippen LogP contribution in [-0.2, 0) is 13.0 Å². The first-order valence-corrected chi connectivity index (χ1v) is 9.97. The predicted molar refractivity (Wildman–Crippen MR) is 115 cm³/mol. The number of benzene rings is 2. The third kappa shape index (κ3) is 4.15. The standard InChI is InChI=1S/C23H21ClN4O/c1-2-3-20-22(28-13-12-25-15-21(28)27-20)23(29)26-14-16-4-6-17(7-5-16)18-8-10-19(24)11-9-18/h4-13,15H,2-3,14H2,1H3,(H,26,29). The maximum Gasteiger partial charge on any atom is 0.270 e. The summed E-state index contributed by atoms with van der Waals surface area (Å²) in [6.45, 7) is 2.52. The first-order chi connectivity index (χ1) is 14.2. The third-order valence-electron chi connectivity index (χ3n) is 4.79. The maximum atomic E-state index is 12.9. The number of hydrogen-bond donors (Lipinski definition) is 1. The zero-order chi connectivity index (χ0) is 20.2. The molecular formula is C23H21ClN4O. The molecule has 2 heterocycles. The first kappa shape index (κ1) is 19.2. The largest absolute Gasteiger partial charge is 0.347 e. The van der Waals surface area contributed by atoms with Crippen LogP contribution in [0.4, 0.5) is 0 Å². The van der Waals surface area contributed by atoms with Crippen molar-refractivity contribution >= 4 is 23.2 Å². The molecule has 0 radical (unpaired) electrons. The van der Waals surface area contributed by atoms with E-state index in [2.05, 4.69) is 22.2 Å². The van der Waals surface area contributed by atoms with Crippen molar-refractivity contribution in [1.82, 2.24) is 19.7 Å². The zero-order valence-electron chi connectivity index (χ0n) is 16.1. The molecule has 0 aliphatic heterocycles. The Morgan fingerprint density at radius 2 is 1.76 bits per heavy atom. The average Bonchev–Trinajstić information content (AvgIpc) is 3.11. The van der Waals surface area contributed by atoms with Crippen LogP contribution in [0.15, 0.2) is 67.1 Å². The molecule has 146 valence electrons. The number of halogens is 1. The van der Waals surface area contributed by atoms with Gasteiger partial charge in [-0.2, -0.15) is 0 Å². The number of nitrogens with one attached hydrogen (secondary N) is 1. The highest BCUT2D eigenvalue weighted by Crippen LogP contribution is 2.22. The van der Waals surface area contributed by atoms with Crippen LogP contribution in [0, 0.1) is 0 Å². The molecular weight excluding hydrogens is 384 g/mol. The molecule has 0 atom stereocenters. The van der Waals surface area contributed by atoms with Gasteiger partial charge in [-0.1, -0.05) is 61.3 Å². The molecule has 0 saturated heterocycles. The second-order valence-corrected chi connectivity index (χ2v) is 7.28. The SMILES string of the molecule is CCCc1nc2cnccn2c1C(=O)NCc1ccc(-c2ccc(Cl)cc2)cc1. The van der Waals surface area contributed by atoms with E-state index < -0.39 is 0 Å². The lowest BCUT2D eigenvalue weighted by Crippen LogP contribution is -2.25. The van der Waals surface area contributed by atoms with Crippen molar-refractivity contribution < 1.29 is 4.79 Å². The summed E-state index contributed by atoms with van der Waals surface area (Å²) in [5, 5.41) is 3.74. The summed E-state index contributed by atoms with van der Waals surface area (Å²) in [5.41, 5.74) is 5.32. The summed E-state index contributed by atoms with van der Waals surface area (Å²) in [4.78, 5) is 21.6. The fourth-order valence-electron chi connectivity index (χ4n) is 3.33. The van der Waals surface area contributed by atoms with Gasteiger partial charge in [0.1, 0.15) is 5.69 Å². The van der Waals surface area contributed by atoms with Crippen molar-refractivity contribution in [3.63, 3.8) is 0 Å². The number of rotatable bonds is 6. The van der Waals surface area contributed by atoms with Gasteiger partial charge in [0.15, 0.2) is 5.65 Å². The van der Waals surface area contributed by atoms with Crippen LogP contribution >= 0.6 is 11.6 Å². The Hall–Kier alpha value is -3.18. The van der Waals surface area contributed by atoms with Crippen LogP contribution < -0.4 is 5.32 Å². The van der Waals surface area contributed by atoms with E-state index in [9.17, 15) is 4.79 Å². The van der Waals surface area contributed by atoms with Crippen molar-refractivity contribution in [2.45, 2.75) is 26.3 Å². The third-order valence-corrected chi connectivity index (χ3v) is 5.04. The molecule has 1 N–H and O–H groups in total. The number of carbonyl (C=O) groups excluding carboxylic acids is 1. The lowest BCUT2D eigenvalue weighted by atomic mass is 10.0. The Labute approximate surface area is 174 Å². The van der Waals surface area contributed by atoms with Crippen LogP contribution in [-0.4, -0.2) is 20.3 Å². The summed E-state index contributed by atoms with van der Waals surface area (Å²) in [7, 11) is 0. The van der Waals surface area contributed by atoms with Gasteiger partial charge in [0.25, 0.3) is 5.91 Å². The van der Waals surface area contributed by atoms with E-state index in [0.29, 0.717) is 17.9 Å². The Morgan fingerprint density at radius 1 is 1.07 bits per heavy atom. The fourth-order valence-corrected chi connectivity index (χ4v) is 3.46. The summed E-state index contributed by atoms with van der Waals surface area (Å²) in [6.07, 6.45) is 6.78. The topological polar surface area (TPSA) is 59.3 Å². The maximum absolute atomic E-state index is 12.9. The number of amides is 1. The fraction of sp³-hybridized carbons (Fsp3) is 0.174. The summed E-state index contributed by atoms with van der Waals surface area (Å²) >= 11 is 5.95.